The molecule has 0 heterocycles. The molecule has 0 aliphatic carbocycles. The lowest BCUT2D eigenvalue weighted by Crippen LogP contribution is -2.34. The molecule has 0 saturated carbocycles. The van der Waals surface area contributed by atoms with Crippen LogP contribution in [0.4, 0.5) is 0 Å². The SMILES string of the molecule is CCN(CC(C)C)S(=O)(=O)c1ccc(CC(=O)O)cc1. The predicted octanol–water partition coefficient (Wildman–Crippen LogP) is 1.98. The minimum absolute atomic E-state index is 0.107. The molecule has 0 spiro atoms. The molecule has 20 heavy (non-hydrogen) atoms. The maximum atomic E-state index is 12.4. The first kappa shape index (κ1) is 16.7. The Morgan fingerprint density at radius 2 is 1.80 bits per heavy atom. The fourth-order valence-corrected chi connectivity index (χ4v) is 3.52. The van der Waals surface area contributed by atoms with Crippen LogP contribution in [-0.4, -0.2) is 36.9 Å². The van der Waals surface area contributed by atoms with Crippen LogP contribution in [-0.2, 0) is 21.2 Å². The molecule has 112 valence electrons. The molecule has 0 atom stereocenters. The molecular formula is C14H21NO4S. The van der Waals surface area contributed by atoms with Crippen LogP contribution >= 0.6 is 0 Å². The lowest BCUT2D eigenvalue weighted by molar-refractivity contribution is -0.136. The van der Waals surface area contributed by atoms with Crippen molar-refractivity contribution in [1.29, 1.82) is 0 Å². The van der Waals surface area contributed by atoms with Crippen LogP contribution < -0.4 is 0 Å². The van der Waals surface area contributed by atoms with Gasteiger partial charge in [-0.15, -0.1) is 0 Å². The van der Waals surface area contributed by atoms with Crippen molar-refractivity contribution >= 4 is 16.0 Å². The minimum Gasteiger partial charge on any atom is -0.481 e. The van der Waals surface area contributed by atoms with E-state index in [4.69, 9.17) is 5.11 Å². The van der Waals surface area contributed by atoms with Crippen molar-refractivity contribution < 1.29 is 18.3 Å². The number of hydrogen-bond donors (Lipinski definition) is 1. The number of carboxylic acid groups (broad SMARTS) is 1. The summed E-state index contributed by atoms with van der Waals surface area (Å²) in [5.41, 5.74) is 0.586. The molecule has 0 aromatic heterocycles. The average molecular weight is 299 g/mol. The molecule has 1 aromatic rings. The summed E-state index contributed by atoms with van der Waals surface area (Å²) < 4.78 is 26.3. The van der Waals surface area contributed by atoms with Crippen molar-refractivity contribution in [2.24, 2.45) is 5.92 Å². The Balaban J connectivity index is 2.99. The van der Waals surface area contributed by atoms with Gasteiger partial charge < -0.3 is 5.11 Å². The van der Waals surface area contributed by atoms with E-state index < -0.39 is 16.0 Å². The first-order valence-electron chi connectivity index (χ1n) is 6.58. The van der Waals surface area contributed by atoms with Gasteiger partial charge in [-0.1, -0.05) is 32.9 Å². The van der Waals surface area contributed by atoms with E-state index >= 15 is 0 Å². The van der Waals surface area contributed by atoms with Gasteiger partial charge in [-0.2, -0.15) is 4.31 Å². The molecule has 0 saturated heterocycles. The molecule has 1 rings (SSSR count). The number of rotatable bonds is 7. The second kappa shape index (κ2) is 6.85. The first-order chi connectivity index (χ1) is 9.27. The zero-order valence-corrected chi connectivity index (χ0v) is 12.9. The van der Waals surface area contributed by atoms with Crippen molar-refractivity contribution in [3.05, 3.63) is 29.8 Å². The monoisotopic (exact) mass is 299 g/mol. The number of carbonyl (C=O) groups is 1. The van der Waals surface area contributed by atoms with Crippen LogP contribution in [0.25, 0.3) is 0 Å². The standard InChI is InChI=1S/C14H21NO4S/c1-4-15(10-11(2)3)20(18,19)13-7-5-12(6-8-13)9-14(16)17/h5-8,11H,4,9-10H2,1-3H3,(H,16,17). The van der Waals surface area contributed by atoms with Gasteiger partial charge in [0.25, 0.3) is 0 Å². The summed E-state index contributed by atoms with van der Waals surface area (Å²) in [6.45, 7) is 6.62. The summed E-state index contributed by atoms with van der Waals surface area (Å²) in [5.74, 6) is -0.688. The number of nitrogens with zero attached hydrogens (tertiary/aromatic N) is 1. The van der Waals surface area contributed by atoms with E-state index in [1.807, 2.05) is 13.8 Å². The predicted molar refractivity (Wildman–Crippen MR) is 77.1 cm³/mol. The van der Waals surface area contributed by atoms with E-state index in [1.165, 1.54) is 16.4 Å². The van der Waals surface area contributed by atoms with E-state index in [9.17, 15) is 13.2 Å². The Morgan fingerprint density at radius 1 is 1.25 bits per heavy atom. The van der Waals surface area contributed by atoms with Crippen LogP contribution in [0.1, 0.15) is 26.3 Å². The van der Waals surface area contributed by atoms with Gasteiger partial charge in [0.15, 0.2) is 0 Å². The van der Waals surface area contributed by atoms with E-state index in [0.29, 0.717) is 18.7 Å². The van der Waals surface area contributed by atoms with Crippen molar-refractivity contribution in [2.75, 3.05) is 13.1 Å². The number of benzene rings is 1. The van der Waals surface area contributed by atoms with E-state index in [2.05, 4.69) is 0 Å². The van der Waals surface area contributed by atoms with Crippen molar-refractivity contribution in [3.8, 4) is 0 Å². The van der Waals surface area contributed by atoms with Gasteiger partial charge in [-0.05, 0) is 23.6 Å². The normalized spacial score (nSPS) is 12.1. The highest BCUT2D eigenvalue weighted by Crippen LogP contribution is 2.17. The number of sulfonamides is 1. The summed E-state index contributed by atoms with van der Waals surface area (Å²) in [6, 6.07) is 6.03. The van der Waals surface area contributed by atoms with Gasteiger partial charge in [0.05, 0.1) is 11.3 Å². The third-order valence-corrected chi connectivity index (χ3v) is 4.79. The summed E-state index contributed by atoms with van der Waals surface area (Å²) >= 11 is 0. The fourth-order valence-electron chi connectivity index (χ4n) is 1.91. The molecule has 5 nitrogen and oxygen atoms in total. The number of hydrogen-bond acceptors (Lipinski definition) is 3. The zero-order valence-electron chi connectivity index (χ0n) is 12.0. The summed E-state index contributed by atoms with van der Waals surface area (Å²) in [7, 11) is -3.51. The van der Waals surface area contributed by atoms with Crippen LogP contribution in [0.15, 0.2) is 29.2 Å². The van der Waals surface area contributed by atoms with E-state index in [0.717, 1.165) is 0 Å². The molecule has 1 aromatic carbocycles. The molecule has 0 fully saturated rings. The van der Waals surface area contributed by atoms with Gasteiger partial charge in [0.1, 0.15) is 0 Å². The Kier molecular flexibility index (Phi) is 5.71. The van der Waals surface area contributed by atoms with Crippen LogP contribution in [0.5, 0.6) is 0 Å². The van der Waals surface area contributed by atoms with Crippen LogP contribution in [0.3, 0.4) is 0 Å². The topological polar surface area (TPSA) is 74.7 Å². The highest BCUT2D eigenvalue weighted by molar-refractivity contribution is 7.89. The van der Waals surface area contributed by atoms with Crippen molar-refractivity contribution in [3.63, 3.8) is 0 Å². The Labute approximate surface area is 120 Å². The van der Waals surface area contributed by atoms with Gasteiger partial charge in [-0.25, -0.2) is 8.42 Å². The molecule has 6 heteroatoms. The smallest absolute Gasteiger partial charge is 0.307 e. The van der Waals surface area contributed by atoms with Crippen LogP contribution in [0, 0.1) is 5.92 Å². The molecular weight excluding hydrogens is 278 g/mol. The maximum Gasteiger partial charge on any atom is 0.307 e. The van der Waals surface area contributed by atoms with Crippen LogP contribution in [0.2, 0.25) is 0 Å². The zero-order chi connectivity index (χ0) is 15.3. The molecule has 0 aliphatic rings. The third kappa shape index (κ3) is 4.31. The summed E-state index contributed by atoms with van der Waals surface area (Å²) in [4.78, 5) is 10.8. The molecule has 0 bridgehead atoms. The number of carboxylic acids is 1. The summed E-state index contributed by atoms with van der Waals surface area (Å²) in [5, 5.41) is 8.70. The van der Waals surface area contributed by atoms with Gasteiger partial charge >= 0.3 is 5.97 Å². The van der Waals surface area contributed by atoms with Gasteiger partial charge in [0.2, 0.25) is 10.0 Å². The number of aliphatic carboxylic acids is 1. The Bertz CT molecular complexity index is 549. The highest BCUT2D eigenvalue weighted by atomic mass is 32.2. The second-order valence-corrected chi connectivity index (χ2v) is 7.00. The first-order valence-corrected chi connectivity index (χ1v) is 8.02. The molecule has 0 unspecified atom stereocenters. The van der Waals surface area contributed by atoms with E-state index in [1.54, 1.807) is 19.1 Å². The average Bonchev–Trinajstić information content (AvgIpc) is 2.35. The lowest BCUT2D eigenvalue weighted by atomic mass is 10.2. The summed E-state index contributed by atoms with van der Waals surface area (Å²) in [6.07, 6.45) is -0.107. The maximum absolute atomic E-state index is 12.4. The molecule has 1 N–H and O–H groups in total. The quantitative estimate of drug-likeness (QED) is 0.835. The fraction of sp³-hybridized carbons (Fsp3) is 0.500. The highest BCUT2D eigenvalue weighted by Gasteiger charge is 2.23. The third-order valence-electron chi connectivity index (χ3n) is 2.84. The lowest BCUT2D eigenvalue weighted by Gasteiger charge is -2.22. The Hall–Kier alpha value is -1.40. The molecule has 0 aliphatic heterocycles. The second-order valence-electron chi connectivity index (χ2n) is 5.06. The largest absolute Gasteiger partial charge is 0.481 e. The van der Waals surface area contributed by atoms with Gasteiger partial charge in [0, 0.05) is 13.1 Å². The Morgan fingerprint density at radius 3 is 2.20 bits per heavy atom. The molecule has 0 radical (unpaired) electrons. The van der Waals surface area contributed by atoms with Crippen molar-refractivity contribution in [2.45, 2.75) is 32.1 Å². The van der Waals surface area contributed by atoms with E-state index in [-0.39, 0.29) is 17.2 Å². The minimum atomic E-state index is -3.51. The van der Waals surface area contributed by atoms with Crippen molar-refractivity contribution in [1.82, 2.24) is 4.31 Å². The molecule has 0 amide bonds. The van der Waals surface area contributed by atoms with Gasteiger partial charge in [-0.3, -0.25) is 4.79 Å².